The van der Waals surface area contributed by atoms with Crippen molar-refractivity contribution >= 4 is 72.5 Å². The summed E-state index contributed by atoms with van der Waals surface area (Å²) in [6.07, 6.45) is 1.85. The van der Waals surface area contributed by atoms with Gasteiger partial charge in [0.05, 0.1) is 32.2 Å². The summed E-state index contributed by atoms with van der Waals surface area (Å²) in [6.45, 7) is 6.76. The Bertz CT molecular complexity index is 1750. The highest BCUT2D eigenvalue weighted by molar-refractivity contribution is 9.10. The van der Waals surface area contributed by atoms with Crippen molar-refractivity contribution in [1.29, 1.82) is 0 Å². The predicted molar refractivity (Wildman–Crippen MR) is 151 cm³/mol. The zero-order valence-electron chi connectivity index (χ0n) is 19.7. The van der Waals surface area contributed by atoms with Gasteiger partial charge in [0, 0.05) is 4.47 Å². The van der Waals surface area contributed by atoms with E-state index >= 15 is 0 Å². The number of rotatable bonds is 6. The number of aromatic nitrogens is 2. The summed E-state index contributed by atoms with van der Waals surface area (Å²) in [5, 5.41) is 0.970. The minimum absolute atomic E-state index is 0.0921. The summed E-state index contributed by atoms with van der Waals surface area (Å²) in [7, 11) is 0. The van der Waals surface area contributed by atoms with Gasteiger partial charge in [-0.2, -0.15) is 0 Å². The number of halogens is 3. The maximum Gasteiger partial charge on any atom is 0.274 e. The van der Waals surface area contributed by atoms with Crippen LogP contribution in [0.4, 0.5) is 0 Å². The normalized spacial score (nSPS) is 12.1. The van der Waals surface area contributed by atoms with Crippen LogP contribution < -0.4 is 19.6 Å². The van der Waals surface area contributed by atoms with Crippen molar-refractivity contribution in [1.82, 2.24) is 9.38 Å². The van der Waals surface area contributed by atoms with Gasteiger partial charge in [-0.3, -0.25) is 4.79 Å². The molecule has 5 rings (SSSR count). The van der Waals surface area contributed by atoms with Gasteiger partial charge in [-0.25, -0.2) is 9.38 Å². The smallest absolute Gasteiger partial charge is 0.274 e. The maximum atomic E-state index is 13.3. The van der Waals surface area contributed by atoms with Gasteiger partial charge in [-0.15, -0.1) is 0 Å². The fraction of sp³-hybridized carbons (Fsp3) is 0.185. The van der Waals surface area contributed by atoms with Crippen LogP contribution in [0.5, 0.6) is 11.5 Å². The van der Waals surface area contributed by atoms with Crippen LogP contribution >= 0.6 is 50.5 Å². The average molecular weight is 604 g/mol. The number of aryl methyl sites for hydroxylation is 2. The molecule has 0 spiro atoms. The Morgan fingerprint density at radius 1 is 1.03 bits per heavy atom. The van der Waals surface area contributed by atoms with E-state index in [4.69, 9.17) is 32.7 Å². The summed E-state index contributed by atoms with van der Waals surface area (Å²) >= 11 is 17.1. The first-order chi connectivity index (χ1) is 17.2. The van der Waals surface area contributed by atoms with Gasteiger partial charge in [0.2, 0.25) is 0 Å². The van der Waals surface area contributed by atoms with Gasteiger partial charge in [-0.05, 0) is 85.5 Å². The minimum Gasteiger partial charge on any atom is -0.490 e. The van der Waals surface area contributed by atoms with Crippen LogP contribution in [0.2, 0.25) is 10.0 Å². The Balaban J connectivity index is 1.53. The largest absolute Gasteiger partial charge is 0.490 e. The van der Waals surface area contributed by atoms with E-state index in [2.05, 4.69) is 20.9 Å². The number of fused-ring (bicyclic) bond motifs is 3. The number of hydrogen-bond acceptors (Lipinski definition) is 5. The molecule has 0 atom stereocenters. The van der Waals surface area contributed by atoms with Gasteiger partial charge >= 0.3 is 0 Å². The second kappa shape index (κ2) is 10.1. The molecule has 0 radical (unpaired) electrons. The molecule has 5 aromatic rings. The Kier molecular flexibility index (Phi) is 7.01. The molecule has 0 aliphatic carbocycles. The lowest BCUT2D eigenvalue weighted by Crippen LogP contribution is -2.22. The molecule has 0 unspecified atom stereocenters. The van der Waals surface area contributed by atoms with Crippen LogP contribution in [-0.2, 0) is 6.61 Å². The molecule has 0 fully saturated rings. The molecule has 2 heterocycles. The van der Waals surface area contributed by atoms with Crippen LogP contribution in [0.25, 0.3) is 22.1 Å². The van der Waals surface area contributed by atoms with E-state index in [1.165, 1.54) is 11.3 Å². The first kappa shape index (κ1) is 25.1. The summed E-state index contributed by atoms with van der Waals surface area (Å²) in [6, 6.07) is 13.1. The van der Waals surface area contributed by atoms with Crippen molar-refractivity contribution in [3.8, 4) is 11.5 Å². The Hall–Kier alpha value is -2.58. The molecule has 0 amide bonds. The number of ether oxygens (including phenoxy) is 2. The second-order valence-electron chi connectivity index (χ2n) is 8.36. The van der Waals surface area contributed by atoms with E-state index in [1.54, 1.807) is 16.5 Å². The van der Waals surface area contributed by atoms with Crippen LogP contribution in [0.15, 0.2) is 51.7 Å². The third-order valence-electron chi connectivity index (χ3n) is 5.88. The topological polar surface area (TPSA) is 52.8 Å². The molecule has 0 aliphatic rings. The summed E-state index contributed by atoms with van der Waals surface area (Å²) in [4.78, 5) is 18.7. The maximum absolute atomic E-state index is 13.3. The van der Waals surface area contributed by atoms with Crippen molar-refractivity contribution < 1.29 is 9.47 Å². The van der Waals surface area contributed by atoms with Gasteiger partial charge in [0.1, 0.15) is 6.61 Å². The van der Waals surface area contributed by atoms with Crippen molar-refractivity contribution in [2.75, 3.05) is 6.61 Å². The molecule has 184 valence electrons. The van der Waals surface area contributed by atoms with E-state index in [0.29, 0.717) is 44.3 Å². The fourth-order valence-corrected chi connectivity index (χ4v) is 5.63. The Morgan fingerprint density at radius 3 is 2.53 bits per heavy atom. The molecule has 36 heavy (non-hydrogen) atoms. The summed E-state index contributed by atoms with van der Waals surface area (Å²) in [5.41, 5.74) is 5.53. The Labute approximate surface area is 230 Å². The van der Waals surface area contributed by atoms with E-state index in [9.17, 15) is 4.79 Å². The van der Waals surface area contributed by atoms with Crippen molar-refractivity contribution in [2.45, 2.75) is 27.4 Å². The van der Waals surface area contributed by atoms with E-state index < -0.39 is 0 Å². The van der Waals surface area contributed by atoms with Crippen molar-refractivity contribution in [3.05, 3.63) is 94.1 Å². The van der Waals surface area contributed by atoms with Crippen molar-refractivity contribution in [3.63, 3.8) is 0 Å². The molecule has 0 aliphatic heterocycles. The van der Waals surface area contributed by atoms with Crippen LogP contribution in [0.3, 0.4) is 0 Å². The van der Waals surface area contributed by atoms with Crippen LogP contribution in [-0.4, -0.2) is 16.0 Å². The minimum atomic E-state index is -0.0921. The highest BCUT2D eigenvalue weighted by Gasteiger charge is 2.15. The molecule has 0 saturated carbocycles. The SMILES string of the molecule is CCOc1cc(/C=c2\sc3nc4cc(C)c(C)cc4n3c2=O)c(Br)cc1OCc1ccc(Cl)c(Cl)c1. The molecule has 3 aromatic carbocycles. The second-order valence-corrected chi connectivity index (χ2v) is 11.0. The number of benzene rings is 3. The van der Waals surface area contributed by atoms with E-state index in [-0.39, 0.29) is 5.56 Å². The van der Waals surface area contributed by atoms with Gasteiger partial charge in [0.25, 0.3) is 5.56 Å². The third kappa shape index (κ3) is 4.73. The summed E-state index contributed by atoms with van der Waals surface area (Å²) < 4.78 is 14.9. The number of hydrogen-bond donors (Lipinski definition) is 0. The van der Waals surface area contributed by atoms with Crippen molar-refractivity contribution in [2.24, 2.45) is 0 Å². The standard InChI is InChI=1S/C27H21BrCl2N2O3S/c1-4-34-23-10-17(18(28)12-24(23)35-13-16-5-6-19(29)20(30)9-16)11-25-26(33)32-22-8-15(3)14(2)7-21(22)31-27(32)36-25/h5-12H,4,13H2,1-3H3/b25-11-. The highest BCUT2D eigenvalue weighted by Crippen LogP contribution is 2.35. The predicted octanol–water partition coefficient (Wildman–Crippen LogP) is 7.12. The molecular weight excluding hydrogens is 583 g/mol. The lowest BCUT2D eigenvalue weighted by Gasteiger charge is -2.14. The highest BCUT2D eigenvalue weighted by atomic mass is 79.9. The lowest BCUT2D eigenvalue weighted by molar-refractivity contribution is 0.269. The monoisotopic (exact) mass is 602 g/mol. The van der Waals surface area contributed by atoms with Crippen LogP contribution in [0.1, 0.15) is 29.2 Å². The number of thiazole rings is 1. The fourth-order valence-electron chi connectivity index (χ4n) is 3.89. The lowest BCUT2D eigenvalue weighted by atomic mass is 10.1. The quantitative estimate of drug-likeness (QED) is 0.207. The molecule has 0 saturated heterocycles. The summed E-state index contributed by atoms with van der Waals surface area (Å²) in [5.74, 6) is 1.16. The molecular formula is C27H21BrCl2N2O3S. The zero-order valence-corrected chi connectivity index (χ0v) is 23.6. The molecule has 0 bridgehead atoms. The van der Waals surface area contributed by atoms with Crippen LogP contribution in [0, 0.1) is 13.8 Å². The average Bonchev–Trinajstić information content (AvgIpc) is 3.33. The number of nitrogens with zero attached hydrogens (tertiary/aromatic N) is 2. The van der Waals surface area contributed by atoms with E-state index in [0.717, 1.165) is 37.8 Å². The number of imidazole rings is 1. The van der Waals surface area contributed by atoms with Gasteiger partial charge in [0.15, 0.2) is 16.5 Å². The molecule has 9 heteroatoms. The zero-order chi connectivity index (χ0) is 25.6. The Morgan fingerprint density at radius 2 is 1.78 bits per heavy atom. The van der Waals surface area contributed by atoms with Gasteiger partial charge in [-0.1, -0.05) is 56.5 Å². The van der Waals surface area contributed by atoms with Gasteiger partial charge < -0.3 is 9.47 Å². The first-order valence-electron chi connectivity index (χ1n) is 11.2. The first-order valence-corrected chi connectivity index (χ1v) is 13.6. The molecule has 0 N–H and O–H groups in total. The third-order valence-corrected chi connectivity index (χ3v) is 8.28. The molecule has 2 aromatic heterocycles. The molecule has 5 nitrogen and oxygen atoms in total. The van der Waals surface area contributed by atoms with E-state index in [1.807, 2.05) is 57.2 Å².